The monoisotopic (exact) mass is 272 g/mol. The summed E-state index contributed by atoms with van der Waals surface area (Å²) in [4.78, 5) is 0. The molecular formula is C17H24N2O. The van der Waals surface area contributed by atoms with E-state index in [1.54, 1.807) is 12.5 Å². The molecular weight excluding hydrogens is 248 g/mol. The van der Waals surface area contributed by atoms with Crippen LogP contribution < -0.4 is 11.3 Å². The summed E-state index contributed by atoms with van der Waals surface area (Å²) >= 11 is 0. The van der Waals surface area contributed by atoms with Crippen molar-refractivity contribution in [2.75, 3.05) is 0 Å². The Kier molecular flexibility index (Phi) is 4.99. The maximum Gasteiger partial charge on any atom is 0.0935 e. The highest BCUT2D eigenvalue weighted by molar-refractivity contribution is 5.29. The number of hydrazine groups is 1. The molecule has 0 aliphatic rings. The molecule has 0 aliphatic carbocycles. The molecule has 1 aromatic heterocycles. The normalized spacial score (nSPS) is 13.3. The van der Waals surface area contributed by atoms with Crippen LogP contribution in [0.15, 0.2) is 53.3 Å². The highest BCUT2D eigenvalue weighted by Crippen LogP contribution is 2.36. The minimum atomic E-state index is 0.0350. The minimum absolute atomic E-state index is 0.0350. The van der Waals surface area contributed by atoms with Crippen LogP contribution in [0.4, 0.5) is 0 Å². The Morgan fingerprint density at radius 3 is 2.35 bits per heavy atom. The molecule has 2 aromatic rings. The molecule has 1 atom stereocenters. The van der Waals surface area contributed by atoms with E-state index in [1.165, 1.54) is 11.1 Å². The van der Waals surface area contributed by atoms with Gasteiger partial charge in [0.2, 0.25) is 0 Å². The van der Waals surface area contributed by atoms with Gasteiger partial charge in [-0.05, 0) is 36.5 Å². The lowest BCUT2D eigenvalue weighted by molar-refractivity contribution is 0.270. The SMILES string of the molecule is CCC(CC)(c1ccccc1)C(Cc1ccoc1)NN. The number of nitrogens with two attached hydrogens (primary N) is 1. The summed E-state index contributed by atoms with van der Waals surface area (Å²) in [6, 6.07) is 12.8. The summed E-state index contributed by atoms with van der Waals surface area (Å²) < 4.78 is 5.18. The van der Waals surface area contributed by atoms with Crippen molar-refractivity contribution < 1.29 is 4.42 Å². The molecule has 1 heterocycles. The number of rotatable bonds is 7. The van der Waals surface area contributed by atoms with Gasteiger partial charge in [0.25, 0.3) is 0 Å². The van der Waals surface area contributed by atoms with Crippen LogP contribution in [0.5, 0.6) is 0 Å². The predicted molar refractivity (Wildman–Crippen MR) is 82.2 cm³/mol. The van der Waals surface area contributed by atoms with Gasteiger partial charge in [0.05, 0.1) is 12.5 Å². The molecule has 20 heavy (non-hydrogen) atoms. The molecule has 0 fully saturated rings. The summed E-state index contributed by atoms with van der Waals surface area (Å²) in [5.74, 6) is 5.88. The zero-order chi connectivity index (χ0) is 14.4. The summed E-state index contributed by atoms with van der Waals surface area (Å²) in [7, 11) is 0. The van der Waals surface area contributed by atoms with E-state index in [2.05, 4.69) is 49.6 Å². The van der Waals surface area contributed by atoms with E-state index < -0.39 is 0 Å². The lowest BCUT2D eigenvalue weighted by Crippen LogP contribution is -2.52. The lowest BCUT2D eigenvalue weighted by atomic mass is 9.69. The van der Waals surface area contributed by atoms with E-state index in [-0.39, 0.29) is 11.5 Å². The number of furan rings is 1. The van der Waals surface area contributed by atoms with Crippen molar-refractivity contribution in [1.82, 2.24) is 5.43 Å². The molecule has 3 N–H and O–H groups in total. The van der Waals surface area contributed by atoms with E-state index in [0.29, 0.717) is 0 Å². The summed E-state index contributed by atoms with van der Waals surface area (Å²) in [6.45, 7) is 4.46. The average molecular weight is 272 g/mol. The van der Waals surface area contributed by atoms with Crippen molar-refractivity contribution in [2.24, 2.45) is 5.84 Å². The first-order valence-corrected chi connectivity index (χ1v) is 7.29. The van der Waals surface area contributed by atoms with Gasteiger partial charge in [-0.15, -0.1) is 0 Å². The van der Waals surface area contributed by atoms with E-state index in [1.807, 2.05) is 6.07 Å². The third kappa shape index (κ3) is 2.79. The largest absolute Gasteiger partial charge is 0.472 e. The van der Waals surface area contributed by atoms with Gasteiger partial charge in [0.15, 0.2) is 0 Å². The van der Waals surface area contributed by atoms with Gasteiger partial charge < -0.3 is 4.42 Å². The topological polar surface area (TPSA) is 51.2 Å². The first-order valence-electron chi connectivity index (χ1n) is 7.29. The van der Waals surface area contributed by atoms with Crippen molar-refractivity contribution in [3.05, 3.63) is 60.1 Å². The molecule has 0 saturated heterocycles. The van der Waals surface area contributed by atoms with E-state index in [4.69, 9.17) is 10.3 Å². The third-order valence-corrected chi connectivity index (χ3v) is 4.50. The summed E-state index contributed by atoms with van der Waals surface area (Å²) in [5, 5.41) is 0. The predicted octanol–water partition coefficient (Wildman–Crippen LogP) is 3.41. The van der Waals surface area contributed by atoms with Crippen molar-refractivity contribution in [2.45, 2.75) is 44.6 Å². The fraction of sp³-hybridized carbons (Fsp3) is 0.412. The molecule has 0 saturated carbocycles. The Hall–Kier alpha value is -1.58. The number of hydrogen-bond donors (Lipinski definition) is 2. The second kappa shape index (κ2) is 6.73. The van der Waals surface area contributed by atoms with E-state index >= 15 is 0 Å². The second-order valence-electron chi connectivity index (χ2n) is 5.28. The lowest BCUT2D eigenvalue weighted by Gasteiger charge is -2.40. The summed E-state index contributed by atoms with van der Waals surface area (Å²) in [5.41, 5.74) is 5.59. The first-order chi connectivity index (χ1) is 9.76. The van der Waals surface area contributed by atoms with Gasteiger partial charge in [-0.3, -0.25) is 11.3 Å². The van der Waals surface area contributed by atoms with Crippen molar-refractivity contribution in [1.29, 1.82) is 0 Å². The Morgan fingerprint density at radius 2 is 1.85 bits per heavy atom. The minimum Gasteiger partial charge on any atom is -0.472 e. The van der Waals surface area contributed by atoms with Crippen molar-refractivity contribution in [3.63, 3.8) is 0 Å². The Labute approximate surface area is 121 Å². The number of benzene rings is 1. The van der Waals surface area contributed by atoms with Crippen LogP contribution in [0.3, 0.4) is 0 Å². The molecule has 0 radical (unpaired) electrons. The Balaban J connectivity index is 2.34. The van der Waals surface area contributed by atoms with Crippen LogP contribution in [0.2, 0.25) is 0 Å². The maximum atomic E-state index is 5.88. The van der Waals surface area contributed by atoms with Crippen LogP contribution in [0.1, 0.15) is 37.8 Å². The molecule has 1 unspecified atom stereocenters. The van der Waals surface area contributed by atoms with Gasteiger partial charge in [-0.1, -0.05) is 44.2 Å². The van der Waals surface area contributed by atoms with Gasteiger partial charge in [-0.25, -0.2) is 0 Å². The fourth-order valence-electron chi connectivity index (χ4n) is 3.18. The highest BCUT2D eigenvalue weighted by atomic mass is 16.3. The molecule has 0 bridgehead atoms. The molecule has 0 amide bonds. The quantitative estimate of drug-likeness (QED) is 0.600. The fourth-order valence-corrected chi connectivity index (χ4v) is 3.18. The molecule has 0 aliphatic heterocycles. The Morgan fingerprint density at radius 1 is 1.15 bits per heavy atom. The third-order valence-electron chi connectivity index (χ3n) is 4.50. The standard InChI is InChI=1S/C17H24N2O/c1-3-17(4-2,15-8-6-5-7-9-15)16(19-18)12-14-10-11-20-13-14/h5-11,13,16,19H,3-4,12,18H2,1-2H3. The van der Waals surface area contributed by atoms with Crippen LogP contribution in [-0.4, -0.2) is 6.04 Å². The molecule has 0 spiro atoms. The summed E-state index contributed by atoms with van der Waals surface area (Å²) in [6.07, 6.45) is 6.46. The molecule has 1 aromatic carbocycles. The zero-order valence-corrected chi connectivity index (χ0v) is 12.3. The number of hydrogen-bond acceptors (Lipinski definition) is 3. The zero-order valence-electron chi connectivity index (χ0n) is 12.3. The van der Waals surface area contributed by atoms with Crippen LogP contribution in [0.25, 0.3) is 0 Å². The molecule has 2 rings (SSSR count). The smallest absolute Gasteiger partial charge is 0.0935 e. The van der Waals surface area contributed by atoms with Gasteiger partial charge in [0.1, 0.15) is 0 Å². The van der Waals surface area contributed by atoms with Crippen LogP contribution in [-0.2, 0) is 11.8 Å². The van der Waals surface area contributed by atoms with Crippen LogP contribution in [0, 0.1) is 0 Å². The van der Waals surface area contributed by atoms with E-state index in [0.717, 1.165) is 19.3 Å². The second-order valence-corrected chi connectivity index (χ2v) is 5.28. The van der Waals surface area contributed by atoms with E-state index in [9.17, 15) is 0 Å². The van der Waals surface area contributed by atoms with Gasteiger partial charge in [0, 0.05) is 11.5 Å². The molecule has 3 nitrogen and oxygen atoms in total. The maximum absolute atomic E-state index is 5.88. The van der Waals surface area contributed by atoms with Crippen LogP contribution >= 0.6 is 0 Å². The number of nitrogens with one attached hydrogen (secondary N) is 1. The molecule has 108 valence electrons. The first kappa shape index (κ1) is 14.8. The van der Waals surface area contributed by atoms with Gasteiger partial charge >= 0.3 is 0 Å². The highest BCUT2D eigenvalue weighted by Gasteiger charge is 2.36. The van der Waals surface area contributed by atoms with Gasteiger partial charge in [-0.2, -0.15) is 0 Å². The Bertz CT molecular complexity index is 489. The van der Waals surface area contributed by atoms with Crippen molar-refractivity contribution >= 4 is 0 Å². The van der Waals surface area contributed by atoms with Crippen molar-refractivity contribution in [3.8, 4) is 0 Å². The molecule has 3 heteroatoms. The average Bonchev–Trinajstić information content (AvgIpc) is 3.02.